The van der Waals surface area contributed by atoms with E-state index in [1.807, 2.05) is 0 Å². The van der Waals surface area contributed by atoms with Gasteiger partial charge in [-0.25, -0.2) is 0 Å². The molecule has 0 spiro atoms. The number of primary amides is 1. The maximum absolute atomic E-state index is 12.5. The van der Waals surface area contributed by atoms with Crippen LogP contribution in [0.25, 0.3) is 0 Å². The Morgan fingerprint density at radius 1 is 1.04 bits per heavy atom. The molecule has 0 atom stereocenters. The van der Waals surface area contributed by atoms with Crippen molar-refractivity contribution in [2.24, 2.45) is 5.73 Å². The van der Waals surface area contributed by atoms with Crippen LogP contribution in [0.3, 0.4) is 0 Å². The lowest BCUT2D eigenvalue weighted by Gasteiger charge is -2.10. The molecule has 0 radical (unpaired) electrons. The Bertz CT molecular complexity index is 777. The van der Waals surface area contributed by atoms with Crippen LogP contribution in [0, 0.1) is 0 Å². The fourth-order valence-electron chi connectivity index (χ4n) is 1.97. The first kappa shape index (κ1) is 17.6. The summed E-state index contributed by atoms with van der Waals surface area (Å²) in [4.78, 5) is 35.9. The molecular weight excluding hydrogens is 328 g/mol. The van der Waals surface area contributed by atoms with Gasteiger partial charge in [0.05, 0.1) is 24.8 Å². The molecule has 0 fully saturated rings. The van der Waals surface area contributed by atoms with Crippen molar-refractivity contribution in [3.63, 3.8) is 0 Å². The molecule has 24 heavy (non-hydrogen) atoms. The summed E-state index contributed by atoms with van der Waals surface area (Å²) in [6, 6.07) is 13.5. The van der Waals surface area contributed by atoms with Gasteiger partial charge in [0.1, 0.15) is 5.75 Å². The molecule has 0 heterocycles. The Labute approximate surface area is 143 Å². The number of hydrogen-bond acceptors (Lipinski definition) is 5. The van der Waals surface area contributed by atoms with Crippen LogP contribution in [0.2, 0.25) is 0 Å². The van der Waals surface area contributed by atoms with Crippen LogP contribution in [-0.2, 0) is 4.79 Å². The standard InChI is InChI=1S/C17H16N2O4S/c1-23-13-8-4-2-6-11(13)17(22)24-14-9-5-3-7-12(14)16(21)19-10-15(18)20/h2-9H,10H2,1H3,(H2,18,20)(H,19,21). The Balaban J connectivity index is 2.22. The minimum atomic E-state index is -0.640. The number of rotatable bonds is 6. The van der Waals surface area contributed by atoms with Crippen molar-refractivity contribution in [1.29, 1.82) is 0 Å². The van der Waals surface area contributed by atoms with Gasteiger partial charge < -0.3 is 15.8 Å². The lowest BCUT2D eigenvalue weighted by Crippen LogP contribution is -2.33. The summed E-state index contributed by atoms with van der Waals surface area (Å²) < 4.78 is 5.18. The third-order valence-corrected chi connectivity index (χ3v) is 4.07. The number of nitrogens with two attached hydrogens (primary N) is 1. The van der Waals surface area contributed by atoms with Gasteiger partial charge in [-0.15, -0.1) is 0 Å². The largest absolute Gasteiger partial charge is 0.496 e. The molecule has 2 aromatic carbocycles. The molecule has 0 aliphatic carbocycles. The van der Waals surface area contributed by atoms with E-state index in [0.29, 0.717) is 21.8 Å². The number of thioether (sulfide) groups is 1. The summed E-state index contributed by atoms with van der Waals surface area (Å²) in [5, 5.41) is 2.16. The molecule has 3 N–H and O–H groups in total. The molecule has 0 aliphatic heterocycles. The Morgan fingerprint density at radius 2 is 1.67 bits per heavy atom. The van der Waals surface area contributed by atoms with E-state index in [2.05, 4.69) is 5.32 Å². The minimum absolute atomic E-state index is 0.248. The van der Waals surface area contributed by atoms with Crippen LogP contribution < -0.4 is 15.8 Å². The minimum Gasteiger partial charge on any atom is -0.496 e. The molecule has 0 saturated heterocycles. The molecule has 6 nitrogen and oxygen atoms in total. The fourth-order valence-corrected chi connectivity index (χ4v) is 2.87. The van der Waals surface area contributed by atoms with Gasteiger partial charge in [0.25, 0.3) is 5.91 Å². The molecule has 0 aliphatic rings. The van der Waals surface area contributed by atoms with E-state index in [0.717, 1.165) is 11.8 Å². The highest BCUT2D eigenvalue weighted by atomic mass is 32.2. The normalized spacial score (nSPS) is 10.0. The first-order valence-electron chi connectivity index (χ1n) is 7.03. The SMILES string of the molecule is COc1ccccc1C(=O)Sc1ccccc1C(=O)NCC(N)=O. The third-order valence-electron chi connectivity index (χ3n) is 3.08. The predicted octanol–water partition coefficient (Wildman–Crippen LogP) is 1.84. The average Bonchev–Trinajstić information content (AvgIpc) is 2.60. The van der Waals surface area contributed by atoms with E-state index in [9.17, 15) is 14.4 Å². The van der Waals surface area contributed by atoms with Gasteiger partial charge in [0.15, 0.2) is 0 Å². The lowest BCUT2D eigenvalue weighted by molar-refractivity contribution is -0.117. The van der Waals surface area contributed by atoms with E-state index in [1.165, 1.54) is 7.11 Å². The van der Waals surface area contributed by atoms with Crippen molar-refractivity contribution in [1.82, 2.24) is 5.32 Å². The number of nitrogens with one attached hydrogen (secondary N) is 1. The number of para-hydroxylation sites is 1. The molecule has 0 saturated carbocycles. The average molecular weight is 344 g/mol. The number of amides is 2. The number of carbonyl (C=O) groups excluding carboxylic acids is 3. The number of hydrogen-bond donors (Lipinski definition) is 2. The van der Waals surface area contributed by atoms with Gasteiger partial charge in [0.2, 0.25) is 11.0 Å². The van der Waals surface area contributed by atoms with Crippen LogP contribution in [0.15, 0.2) is 53.4 Å². The predicted molar refractivity (Wildman–Crippen MR) is 91.2 cm³/mol. The van der Waals surface area contributed by atoms with Gasteiger partial charge in [0, 0.05) is 4.90 Å². The Morgan fingerprint density at radius 3 is 2.33 bits per heavy atom. The summed E-state index contributed by atoms with van der Waals surface area (Å²) in [6.45, 7) is -0.266. The summed E-state index contributed by atoms with van der Waals surface area (Å²) >= 11 is 0.920. The van der Waals surface area contributed by atoms with Crippen LogP contribution >= 0.6 is 11.8 Å². The lowest BCUT2D eigenvalue weighted by atomic mass is 10.2. The van der Waals surface area contributed by atoms with Gasteiger partial charge in [-0.2, -0.15) is 0 Å². The van der Waals surface area contributed by atoms with Crippen LogP contribution in [-0.4, -0.2) is 30.6 Å². The first-order valence-corrected chi connectivity index (χ1v) is 7.85. The van der Waals surface area contributed by atoms with Gasteiger partial charge >= 0.3 is 0 Å². The second-order valence-corrected chi connectivity index (χ2v) is 5.75. The smallest absolute Gasteiger partial charge is 0.252 e. The van der Waals surface area contributed by atoms with E-state index in [4.69, 9.17) is 10.5 Å². The Kier molecular flexibility index (Phi) is 5.97. The third kappa shape index (κ3) is 4.36. The highest BCUT2D eigenvalue weighted by molar-refractivity contribution is 8.14. The van der Waals surface area contributed by atoms with Crippen molar-refractivity contribution >= 4 is 28.7 Å². The van der Waals surface area contributed by atoms with Crippen LogP contribution in [0.1, 0.15) is 20.7 Å². The summed E-state index contributed by atoms with van der Waals surface area (Å²) in [6.07, 6.45) is 0. The second-order valence-electron chi connectivity index (χ2n) is 4.73. The molecule has 2 amide bonds. The fraction of sp³-hybridized carbons (Fsp3) is 0.118. The van der Waals surface area contributed by atoms with Crippen molar-refractivity contribution in [2.75, 3.05) is 13.7 Å². The number of carbonyl (C=O) groups is 3. The van der Waals surface area contributed by atoms with Gasteiger partial charge in [-0.1, -0.05) is 24.3 Å². The van der Waals surface area contributed by atoms with Crippen molar-refractivity contribution in [3.05, 3.63) is 59.7 Å². The van der Waals surface area contributed by atoms with E-state index in [1.54, 1.807) is 48.5 Å². The van der Waals surface area contributed by atoms with Crippen molar-refractivity contribution in [3.8, 4) is 5.75 Å². The summed E-state index contributed by atoms with van der Waals surface area (Å²) in [5.41, 5.74) is 5.73. The zero-order valence-electron chi connectivity index (χ0n) is 12.9. The molecule has 2 rings (SSSR count). The number of ether oxygens (including phenoxy) is 1. The van der Waals surface area contributed by atoms with Crippen LogP contribution in [0.4, 0.5) is 0 Å². The van der Waals surface area contributed by atoms with Gasteiger partial charge in [-0.05, 0) is 36.0 Å². The maximum Gasteiger partial charge on any atom is 0.252 e. The summed E-state index contributed by atoms with van der Waals surface area (Å²) in [5.74, 6) is -0.644. The number of methoxy groups -OCH3 is 1. The highest BCUT2D eigenvalue weighted by Crippen LogP contribution is 2.30. The zero-order valence-corrected chi connectivity index (χ0v) is 13.8. The Hall–Kier alpha value is -2.80. The quantitative estimate of drug-likeness (QED) is 0.779. The molecule has 0 unspecified atom stereocenters. The number of benzene rings is 2. The first-order chi connectivity index (χ1) is 11.5. The summed E-state index contributed by atoms with van der Waals surface area (Å²) in [7, 11) is 1.49. The van der Waals surface area contributed by atoms with E-state index in [-0.39, 0.29) is 11.7 Å². The molecule has 0 bridgehead atoms. The molecule has 7 heteroatoms. The topological polar surface area (TPSA) is 98.5 Å². The van der Waals surface area contributed by atoms with E-state index < -0.39 is 11.8 Å². The molecule has 2 aromatic rings. The second kappa shape index (κ2) is 8.16. The van der Waals surface area contributed by atoms with Crippen molar-refractivity contribution in [2.45, 2.75) is 4.90 Å². The molecular formula is C17H16N2O4S. The monoisotopic (exact) mass is 344 g/mol. The van der Waals surface area contributed by atoms with Crippen molar-refractivity contribution < 1.29 is 19.1 Å². The van der Waals surface area contributed by atoms with Crippen LogP contribution in [0.5, 0.6) is 5.75 Å². The molecule has 124 valence electrons. The zero-order chi connectivity index (χ0) is 17.5. The van der Waals surface area contributed by atoms with Gasteiger partial charge in [-0.3, -0.25) is 14.4 Å². The molecule has 0 aromatic heterocycles. The maximum atomic E-state index is 12.5. The highest BCUT2D eigenvalue weighted by Gasteiger charge is 2.18. The van der Waals surface area contributed by atoms with E-state index >= 15 is 0 Å².